The minimum atomic E-state index is 0. The molecule has 0 atom stereocenters. The number of hydrogen-bond donors (Lipinski definition) is 2. The molecule has 0 spiro atoms. The summed E-state index contributed by atoms with van der Waals surface area (Å²) in [5.41, 5.74) is 2.67. The summed E-state index contributed by atoms with van der Waals surface area (Å²) in [4.78, 5) is 7.32. The van der Waals surface area contributed by atoms with Crippen molar-refractivity contribution in [2.45, 2.75) is 38.8 Å². The summed E-state index contributed by atoms with van der Waals surface area (Å²) in [5, 5.41) is 7.03. The van der Waals surface area contributed by atoms with Crippen LogP contribution < -0.4 is 15.4 Å². The van der Waals surface area contributed by atoms with Crippen LogP contribution in [0.25, 0.3) is 0 Å². The minimum absolute atomic E-state index is 0. The molecule has 2 N–H and O–H groups in total. The Morgan fingerprint density at radius 2 is 1.73 bits per heavy atom. The van der Waals surface area contributed by atoms with Crippen LogP contribution >= 0.6 is 24.0 Å². The first-order valence-electron chi connectivity index (χ1n) is 10.7. The smallest absolute Gasteiger partial charge is 0.191 e. The molecule has 30 heavy (non-hydrogen) atoms. The standard InChI is InChI=1S/C24H34N4O.HI/c1-3-25-24(26-16-13-20-9-11-23(29-2)12-10-20)27-22-14-17-28(18-15-22)19-21-7-5-4-6-8-21;/h4-12,22H,3,13-19H2,1-2H3,(H2,25,26,27);1H. The lowest BCUT2D eigenvalue weighted by atomic mass is 10.0. The number of rotatable bonds is 8. The summed E-state index contributed by atoms with van der Waals surface area (Å²) in [6, 6.07) is 19.5. The van der Waals surface area contributed by atoms with Crippen molar-refractivity contribution < 1.29 is 4.74 Å². The molecule has 0 aliphatic carbocycles. The van der Waals surface area contributed by atoms with Crippen LogP contribution in [0.1, 0.15) is 30.9 Å². The Morgan fingerprint density at radius 3 is 2.37 bits per heavy atom. The maximum atomic E-state index is 5.22. The monoisotopic (exact) mass is 522 g/mol. The first-order chi connectivity index (χ1) is 14.3. The SMILES string of the molecule is CCNC(=NCCc1ccc(OC)cc1)NC1CCN(Cc2ccccc2)CC1.I. The molecule has 164 valence electrons. The zero-order valence-corrected chi connectivity index (χ0v) is 20.5. The number of guanidine groups is 1. The number of methoxy groups -OCH3 is 1. The molecule has 0 amide bonds. The second-order valence-electron chi connectivity index (χ2n) is 7.54. The summed E-state index contributed by atoms with van der Waals surface area (Å²) in [6.45, 7) is 7.05. The molecule has 6 heteroatoms. The Morgan fingerprint density at radius 1 is 1.03 bits per heavy atom. The normalized spacial score (nSPS) is 15.3. The zero-order valence-electron chi connectivity index (χ0n) is 18.1. The molecule has 0 bridgehead atoms. The van der Waals surface area contributed by atoms with Gasteiger partial charge >= 0.3 is 0 Å². The van der Waals surface area contributed by atoms with E-state index in [0.717, 1.165) is 63.7 Å². The molecular formula is C24H35IN4O. The fourth-order valence-corrected chi connectivity index (χ4v) is 3.68. The second-order valence-corrected chi connectivity index (χ2v) is 7.54. The molecule has 0 aromatic heterocycles. The lowest BCUT2D eigenvalue weighted by Crippen LogP contribution is -2.48. The maximum absolute atomic E-state index is 5.22. The van der Waals surface area contributed by atoms with Gasteiger partial charge in [0.2, 0.25) is 0 Å². The van der Waals surface area contributed by atoms with E-state index >= 15 is 0 Å². The third kappa shape index (κ3) is 8.14. The largest absolute Gasteiger partial charge is 0.497 e. The number of piperidine rings is 1. The van der Waals surface area contributed by atoms with Gasteiger partial charge in [-0.25, -0.2) is 0 Å². The Kier molecular flexibility index (Phi) is 11.0. The van der Waals surface area contributed by atoms with E-state index in [1.165, 1.54) is 11.1 Å². The van der Waals surface area contributed by atoms with Gasteiger partial charge in [-0.1, -0.05) is 42.5 Å². The number of ether oxygens (including phenoxy) is 1. The van der Waals surface area contributed by atoms with Gasteiger partial charge in [0.1, 0.15) is 5.75 Å². The van der Waals surface area contributed by atoms with Crippen molar-refractivity contribution in [1.82, 2.24) is 15.5 Å². The van der Waals surface area contributed by atoms with Crippen molar-refractivity contribution in [3.8, 4) is 5.75 Å². The van der Waals surface area contributed by atoms with Gasteiger partial charge in [-0.05, 0) is 49.4 Å². The Labute approximate surface area is 198 Å². The summed E-state index contributed by atoms with van der Waals surface area (Å²) in [7, 11) is 1.69. The fourth-order valence-electron chi connectivity index (χ4n) is 3.68. The maximum Gasteiger partial charge on any atom is 0.191 e. The van der Waals surface area contributed by atoms with Gasteiger partial charge in [-0.3, -0.25) is 9.89 Å². The molecule has 0 unspecified atom stereocenters. The van der Waals surface area contributed by atoms with Crippen molar-refractivity contribution in [2.75, 3.05) is 33.3 Å². The quantitative estimate of drug-likeness (QED) is 0.312. The van der Waals surface area contributed by atoms with E-state index in [1.54, 1.807) is 7.11 Å². The van der Waals surface area contributed by atoms with Gasteiger partial charge in [0.15, 0.2) is 5.96 Å². The molecule has 1 fully saturated rings. The van der Waals surface area contributed by atoms with Crippen molar-refractivity contribution in [2.24, 2.45) is 4.99 Å². The molecular weight excluding hydrogens is 487 g/mol. The van der Waals surface area contributed by atoms with Crippen LogP contribution in [-0.2, 0) is 13.0 Å². The number of hydrogen-bond acceptors (Lipinski definition) is 3. The number of nitrogens with one attached hydrogen (secondary N) is 2. The van der Waals surface area contributed by atoms with Crippen LogP contribution in [0.2, 0.25) is 0 Å². The lowest BCUT2D eigenvalue weighted by Gasteiger charge is -2.33. The van der Waals surface area contributed by atoms with E-state index in [9.17, 15) is 0 Å². The Bertz CT molecular complexity index is 744. The average molecular weight is 522 g/mol. The molecule has 2 aromatic carbocycles. The molecule has 1 aliphatic rings. The van der Waals surface area contributed by atoms with E-state index < -0.39 is 0 Å². The van der Waals surface area contributed by atoms with Gasteiger partial charge in [0.05, 0.1) is 7.11 Å². The van der Waals surface area contributed by atoms with E-state index in [1.807, 2.05) is 12.1 Å². The van der Waals surface area contributed by atoms with Crippen molar-refractivity contribution in [3.05, 3.63) is 65.7 Å². The third-order valence-corrected chi connectivity index (χ3v) is 5.35. The number of aliphatic imine (C=N–C) groups is 1. The van der Waals surface area contributed by atoms with Crippen LogP contribution in [0, 0.1) is 0 Å². The topological polar surface area (TPSA) is 48.9 Å². The van der Waals surface area contributed by atoms with Gasteiger partial charge in [-0.15, -0.1) is 24.0 Å². The van der Waals surface area contributed by atoms with Crippen molar-refractivity contribution in [1.29, 1.82) is 0 Å². The summed E-state index contributed by atoms with van der Waals surface area (Å²) >= 11 is 0. The van der Waals surface area contributed by atoms with Crippen LogP contribution in [0.15, 0.2) is 59.6 Å². The number of likely N-dealkylation sites (tertiary alicyclic amines) is 1. The fraction of sp³-hybridized carbons (Fsp3) is 0.458. The van der Waals surface area contributed by atoms with Gasteiger partial charge in [0.25, 0.3) is 0 Å². The molecule has 1 heterocycles. The highest BCUT2D eigenvalue weighted by Crippen LogP contribution is 2.14. The molecule has 0 saturated carbocycles. The minimum Gasteiger partial charge on any atom is -0.497 e. The van der Waals surface area contributed by atoms with E-state index in [2.05, 4.69) is 64.9 Å². The van der Waals surface area contributed by atoms with Crippen LogP contribution in [-0.4, -0.2) is 50.2 Å². The molecule has 0 radical (unpaired) electrons. The molecule has 3 rings (SSSR count). The highest BCUT2D eigenvalue weighted by molar-refractivity contribution is 14.0. The summed E-state index contributed by atoms with van der Waals surface area (Å²) in [5.74, 6) is 1.83. The van der Waals surface area contributed by atoms with Crippen LogP contribution in [0.3, 0.4) is 0 Å². The Hall–Kier alpha value is -1.80. The van der Waals surface area contributed by atoms with Gasteiger partial charge in [0, 0.05) is 38.8 Å². The number of nitrogens with zero attached hydrogens (tertiary/aromatic N) is 2. The predicted molar refractivity (Wildman–Crippen MR) is 136 cm³/mol. The van der Waals surface area contributed by atoms with Gasteiger partial charge < -0.3 is 15.4 Å². The van der Waals surface area contributed by atoms with E-state index in [4.69, 9.17) is 9.73 Å². The van der Waals surface area contributed by atoms with E-state index in [0.29, 0.717) is 6.04 Å². The predicted octanol–water partition coefficient (Wildman–Crippen LogP) is 4.08. The second kappa shape index (κ2) is 13.5. The first-order valence-corrected chi connectivity index (χ1v) is 10.7. The van der Waals surface area contributed by atoms with E-state index in [-0.39, 0.29) is 24.0 Å². The van der Waals surface area contributed by atoms with Gasteiger partial charge in [-0.2, -0.15) is 0 Å². The summed E-state index contributed by atoms with van der Waals surface area (Å²) < 4.78 is 5.22. The molecule has 5 nitrogen and oxygen atoms in total. The third-order valence-electron chi connectivity index (χ3n) is 5.35. The molecule has 1 saturated heterocycles. The van der Waals surface area contributed by atoms with Crippen molar-refractivity contribution in [3.63, 3.8) is 0 Å². The molecule has 2 aromatic rings. The highest BCUT2D eigenvalue weighted by atomic mass is 127. The zero-order chi connectivity index (χ0) is 20.3. The number of halogens is 1. The van der Waals surface area contributed by atoms with Crippen molar-refractivity contribution >= 4 is 29.9 Å². The van der Waals surface area contributed by atoms with Crippen LogP contribution in [0.5, 0.6) is 5.75 Å². The summed E-state index contributed by atoms with van der Waals surface area (Å²) in [6.07, 6.45) is 3.22. The average Bonchev–Trinajstić information content (AvgIpc) is 2.76. The lowest BCUT2D eigenvalue weighted by molar-refractivity contribution is 0.198. The number of benzene rings is 2. The Balaban J connectivity index is 0.00000320. The molecule has 1 aliphatic heterocycles. The van der Waals surface area contributed by atoms with Crippen LogP contribution in [0.4, 0.5) is 0 Å². The highest BCUT2D eigenvalue weighted by Gasteiger charge is 2.19. The first kappa shape index (κ1) is 24.5.